The van der Waals surface area contributed by atoms with Crippen LogP contribution in [0.2, 0.25) is 39.3 Å². The van der Waals surface area contributed by atoms with Gasteiger partial charge in [0.05, 0.1) is 18.3 Å². The first-order valence-electron chi connectivity index (χ1n) is 14.8. The number of aliphatic hydroxyl groups is 2. The number of ether oxygens (including phenoxy) is 2. The molecule has 0 radical (unpaired) electrons. The van der Waals surface area contributed by atoms with E-state index in [1.54, 1.807) is 19.1 Å². The number of methoxy groups -OCH3 is 1. The summed E-state index contributed by atoms with van der Waals surface area (Å²) in [5.74, 6) is 0.113. The molecule has 0 heterocycles. The highest BCUT2D eigenvalue weighted by Gasteiger charge is 2.69. The molecule has 0 aromatic heterocycles. The summed E-state index contributed by atoms with van der Waals surface area (Å²) in [7, 11) is -3.69. The lowest BCUT2D eigenvalue weighted by molar-refractivity contribution is -0.312. The fraction of sp³-hybridized carbons (Fsp3) is 0.767. The molecule has 3 saturated carbocycles. The average Bonchev–Trinajstić information content (AvgIpc) is 2.77. The van der Waals surface area contributed by atoms with Gasteiger partial charge in [-0.15, -0.1) is 0 Å². The van der Waals surface area contributed by atoms with Crippen molar-refractivity contribution in [2.45, 2.75) is 129 Å². The second-order valence-corrected chi connectivity index (χ2v) is 25.8. The monoisotopic (exact) mass is 609 g/mol. The maximum Gasteiger partial charge on any atom is 0.468 e. The first kappa shape index (κ1) is 36.0. The molecule has 3 fully saturated rings. The molecule has 0 aliphatic heterocycles. The van der Waals surface area contributed by atoms with Gasteiger partial charge in [0.25, 0.3) is 0 Å². The molecule has 0 amide bonds. The van der Waals surface area contributed by atoms with Gasteiger partial charge in [-0.05, 0) is 76.3 Å². The molecule has 1 aromatic carbocycles. The highest BCUT2D eigenvalue weighted by Crippen LogP contribution is 2.65. The van der Waals surface area contributed by atoms with Gasteiger partial charge in [0.15, 0.2) is 0 Å². The maximum atomic E-state index is 12.7. The van der Waals surface area contributed by atoms with Gasteiger partial charge in [-0.3, -0.25) is 0 Å². The molecule has 0 spiro atoms. The molecule has 4 rings (SSSR count). The molecule has 3 aliphatic rings. The van der Waals surface area contributed by atoms with E-state index in [2.05, 4.69) is 57.4 Å². The zero-order valence-electron chi connectivity index (χ0n) is 27.8. The first-order chi connectivity index (χ1) is 18.3. The molecule has 1 aromatic rings. The second-order valence-electron chi connectivity index (χ2n) is 15.7. The van der Waals surface area contributed by atoms with Crippen molar-refractivity contribution in [2.75, 3.05) is 7.11 Å². The predicted octanol–water partition coefficient (Wildman–Crippen LogP) is 4.85. The Hall–Kier alpha value is -1.21. The Morgan fingerprint density at radius 1 is 1.07 bits per heavy atom. The van der Waals surface area contributed by atoms with Crippen molar-refractivity contribution < 1.29 is 34.5 Å². The fourth-order valence-electron chi connectivity index (χ4n) is 7.16. The highest BCUT2D eigenvalue weighted by molar-refractivity contribution is 6.90. The summed E-state index contributed by atoms with van der Waals surface area (Å²) in [4.78, 5) is 12.7. The third-order valence-electron chi connectivity index (χ3n) is 8.97. The number of para-hydroxylation sites is 1. The summed E-state index contributed by atoms with van der Waals surface area (Å²) in [6, 6.07) is 5.33. The predicted molar refractivity (Wildman–Crippen MR) is 171 cm³/mol. The molecule has 3 aliphatic carbocycles. The Balaban J connectivity index is 0.000000401. The quantitative estimate of drug-likeness (QED) is 0.244. The zero-order valence-corrected chi connectivity index (χ0v) is 29.8. The average molecular weight is 610 g/mol. The number of fused-ring (bicyclic) bond motifs is 2. The summed E-state index contributed by atoms with van der Waals surface area (Å²) in [5, 5.41) is 40.9. The third kappa shape index (κ3) is 7.66. The van der Waals surface area contributed by atoms with Crippen LogP contribution in [0, 0.1) is 11.3 Å². The minimum Gasteiger partial charge on any atom is -0.496 e. The van der Waals surface area contributed by atoms with E-state index in [9.17, 15) is 25.1 Å². The van der Waals surface area contributed by atoms with Crippen molar-refractivity contribution in [3.8, 4) is 5.75 Å². The number of esters is 1. The number of carbonyl (C=O) groups is 1. The zero-order chi connectivity index (χ0) is 32.0. The van der Waals surface area contributed by atoms with E-state index < -0.39 is 52.3 Å². The molecule has 8 nitrogen and oxygen atoms in total. The lowest BCUT2D eigenvalue weighted by Crippen LogP contribution is -2.74. The molecular weight excluding hydrogens is 553 g/mol. The van der Waals surface area contributed by atoms with Crippen LogP contribution in [-0.4, -0.2) is 83.9 Å². The van der Waals surface area contributed by atoms with Crippen LogP contribution in [0.5, 0.6) is 5.75 Å². The molecule has 41 heavy (non-hydrogen) atoms. The van der Waals surface area contributed by atoms with Crippen LogP contribution in [0.1, 0.15) is 76.7 Å². The number of rotatable bonds is 8. The van der Waals surface area contributed by atoms with Crippen molar-refractivity contribution in [3.05, 3.63) is 29.3 Å². The lowest BCUT2D eigenvalue weighted by Gasteiger charge is -2.68. The van der Waals surface area contributed by atoms with Crippen LogP contribution in [0.4, 0.5) is 0 Å². The molecule has 3 unspecified atom stereocenters. The van der Waals surface area contributed by atoms with E-state index >= 15 is 0 Å². The molecular formula is C30H56BNO7Si2. The minimum absolute atomic E-state index is 0.0885. The van der Waals surface area contributed by atoms with Crippen LogP contribution in [0.3, 0.4) is 0 Å². The van der Waals surface area contributed by atoms with Crippen LogP contribution < -0.4 is 4.74 Å². The van der Waals surface area contributed by atoms with E-state index in [0.717, 1.165) is 24.8 Å². The van der Waals surface area contributed by atoms with Crippen molar-refractivity contribution in [1.82, 2.24) is 4.23 Å². The number of carbonyl (C=O) groups excluding carboxylic acids is 1. The van der Waals surface area contributed by atoms with Crippen molar-refractivity contribution >= 4 is 29.6 Å². The van der Waals surface area contributed by atoms with Gasteiger partial charge in [-0.1, -0.05) is 65.3 Å². The van der Waals surface area contributed by atoms with E-state index in [1.165, 1.54) is 7.11 Å². The molecule has 2 bridgehead atoms. The second kappa shape index (κ2) is 12.1. The first-order valence-corrected chi connectivity index (χ1v) is 21.7. The van der Waals surface area contributed by atoms with Gasteiger partial charge < -0.3 is 34.0 Å². The van der Waals surface area contributed by atoms with Gasteiger partial charge in [0.2, 0.25) is 0 Å². The summed E-state index contributed by atoms with van der Waals surface area (Å²) in [6.45, 7) is 24.7. The normalized spacial score (nSPS) is 26.3. The number of nitrogens with zero attached hydrogens (tertiary/aromatic N) is 1. The van der Waals surface area contributed by atoms with E-state index in [1.807, 2.05) is 26.8 Å². The maximum absolute atomic E-state index is 12.7. The van der Waals surface area contributed by atoms with Crippen molar-refractivity contribution in [3.63, 3.8) is 0 Å². The number of benzene rings is 1. The topological polar surface area (TPSA) is 120 Å². The molecule has 4 atom stereocenters. The summed E-state index contributed by atoms with van der Waals surface area (Å²) in [5.41, 5.74) is -1.30. The largest absolute Gasteiger partial charge is 0.496 e. The number of hydrogen-bond acceptors (Lipinski definition) is 8. The van der Waals surface area contributed by atoms with Crippen LogP contribution >= 0.6 is 0 Å². The third-order valence-corrected chi connectivity index (χ3v) is 16.5. The Morgan fingerprint density at radius 2 is 1.61 bits per heavy atom. The summed E-state index contributed by atoms with van der Waals surface area (Å²) in [6.07, 6.45) is 2.96. The van der Waals surface area contributed by atoms with Crippen molar-refractivity contribution in [1.29, 1.82) is 0 Å². The Labute approximate surface area is 250 Å². The fourth-order valence-corrected chi connectivity index (χ4v) is 17.6. The van der Waals surface area contributed by atoms with Gasteiger partial charge in [0.1, 0.15) is 33.4 Å². The number of hydrogen-bond donors (Lipinski definition) is 4. The van der Waals surface area contributed by atoms with E-state index in [0.29, 0.717) is 23.7 Å². The molecule has 4 N–H and O–H groups in total. The molecule has 234 valence electrons. The van der Waals surface area contributed by atoms with Gasteiger partial charge in [-0.25, -0.2) is 4.79 Å². The lowest BCUT2D eigenvalue weighted by atomic mass is 9.41. The molecule has 0 saturated heterocycles. The summed E-state index contributed by atoms with van der Waals surface area (Å²) < 4.78 is 13.5. The van der Waals surface area contributed by atoms with Gasteiger partial charge in [0, 0.05) is 5.94 Å². The van der Waals surface area contributed by atoms with Crippen LogP contribution in [0.15, 0.2) is 18.2 Å². The van der Waals surface area contributed by atoms with Gasteiger partial charge in [-0.2, -0.15) is 0 Å². The highest BCUT2D eigenvalue weighted by atomic mass is 28.4. The standard InChI is InChI=1S/C20H38BNO5Si2.C10H18O2/c1-20(2,3)27-19(23)16-13-11-12-15(18(16)26-4)14-17(21(24)25)22(28(5,6)7)29(8,9)10;1-8(2)7-4-5-9(3,11)10(8,12)6-7/h11-13,17,24-25H,14H2,1-10H3;7,11-12H,4-6H2,1-3H3/t17-;/m0./s1. The van der Waals surface area contributed by atoms with E-state index in [4.69, 9.17) is 9.47 Å². The van der Waals surface area contributed by atoms with Crippen LogP contribution in [0.25, 0.3) is 0 Å². The SMILES string of the molecule is CC1(O)CCC2CC1(O)C2(C)C.COc1c(C[C@@H](B(O)O)N([Si](C)(C)C)[Si](C)(C)C)cccc1C(=O)OC(C)(C)C. The smallest absolute Gasteiger partial charge is 0.468 e. The summed E-state index contributed by atoms with van der Waals surface area (Å²) >= 11 is 0. The van der Waals surface area contributed by atoms with Gasteiger partial charge >= 0.3 is 13.1 Å². The van der Waals surface area contributed by atoms with Crippen LogP contribution in [-0.2, 0) is 11.2 Å². The van der Waals surface area contributed by atoms with Crippen molar-refractivity contribution in [2.24, 2.45) is 11.3 Å². The Morgan fingerprint density at radius 3 is 1.98 bits per heavy atom. The Bertz CT molecular complexity index is 1050. The molecule has 11 heteroatoms. The minimum atomic E-state index is -1.85. The van der Waals surface area contributed by atoms with E-state index in [-0.39, 0.29) is 5.41 Å². The Kier molecular flexibility index (Phi) is 10.6.